The van der Waals surface area contributed by atoms with Crippen molar-refractivity contribution in [3.63, 3.8) is 0 Å². The van der Waals surface area contributed by atoms with E-state index in [0.717, 1.165) is 16.7 Å². The van der Waals surface area contributed by atoms with E-state index in [1.165, 1.54) is 5.56 Å². The smallest absolute Gasteiger partial charge is 0.399 e. The molecule has 1 aliphatic heterocycles. The average molecular weight is 298 g/mol. The monoisotopic (exact) mass is 298 g/mol. The first-order valence-electron chi connectivity index (χ1n) is 7.66. The first kappa shape index (κ1) is 15.3. The number of benzene rings is 1. The van der Waals surface area contributed by atoms with Gasteiger partial charge in [-0.25, -0.2) is 0 Å². The highest BCUT2D eigenvalue weighted by Crippen LogP contribution is 2.36. The number of aryl methyl sites for hydroxylation is 2. The third-order valence-electron chi connectivity index (χ3n) is 4.72. The lowest BCUT2D eigenvalue weighted by Gasteiger charge is -2.32. The maximum absolute atomic E-state index is 6.08. The van der Waals surface area contributed by atoms with Crippen molar-refractivity contribution in [1.29, 1.82) is 0 Å². The first-order valence-corrected chi connectivity index (χ1v) is 7.66. The zero-order valence-corrected chi connectivity index (χ0v) is 14.2. The number of rotatable bonds is 2. The second-order valence-electron chi connectivity index (χ2n) is 7.04. The molecule has 1 saturated heterocycles. The van der Waals surface area contributed by atoms with Gasteiger partial charge in [-0.3, -0.25) is 4.68 Å². The van der Waals surface area contributed by atoms with Crippen LogP contribution < -0.4 is 5.46 Å². The molecule has 0 atom stereocenters. The van der Waals surface area contributed by atoms with Gasteiger partial charge in [-0.1, -0.05) is 24.3 Å². The third-order valence-corrected chi connectivity index (χ3v) is 4.72. The Labute approximate surface area is 132 Å². The highest BCUT2D eigenvalue weighted by atomic mass is 16.7. The number of hydrogen-bond donors (Lipinski definition) is 0. The van der Waals surface area contributed by atoms with Gasteiger partial charge in [-0.05, 0) is 45.6 Å². The lowest BCUT2D eigenvalue weighted by molar-refractivity contribution is 0.00578. The van der Waals surface area contributed by atoms with Crippen molar-refractivity contribution in [2.45, 2.75) is 45.8 Å². The zero-order valence-electron chi connectivity index (χ0n) is 14.2. The Hall–Kier alpha value is -1.59. The van der Waals surface area contributed by atoms with Gasteiger partial charge in [0.2, 0.25) is 0 Å². The summed E-state index contributed by atoms with van der Waals surface area (Å²) in [6, 6.07) is 8.28. The van der Waals surface area contributed by atoms with Crippen LogP contribution in [0.3, 0.4) is 0 Å². The molecule has 0 radical (unpaired) electrons. The molecule has 2 aromatic rings. The van der Waals surface area contributed by atoms with Crippen molar-refractivity contribution in [3.05, 3.63) is 36.0 Å². The molecule has 1 aliphatic rings. The van der Waals surface area contributed by atoms with E-state index in [-0.39, 0.29) is 18.3 Å². The summed E-state index contributed by atoms with van der Waals surface area (Å²) < 4.78 is 14.0. The van der Waals surface area contributed by atoms with Crippen LogP contribution in [0, 0.1) is 6.92 Å². The van der Waals surface area contributed by atoms with Crippen LogP contribution >= 0.6 is 0 Å². The molecule has 0 aliphatic carbocycles. The molecule has 2 heterocycles. The summed E-state index contributed by atoms with van der Waals surface area (Å²) in [4.78, 5) is 0. The molecule has 1 fully saturated rings. The Morgan fingerprint density at radius 3 is 2.00 bits per heavy atom. The Balaban J connectivity index is 1.85. The highest BCUT2D eigenvalue weighted by Gasteiger charge is 2.51. The fourth-order valence-corrected chi connectivity index (χ4v) is 2.67. The molecule has 1 aromatic carbocycles. The normalized spacial score (nSPS) is 19.6. The van der Waals surface area contributed by atoms with Crippen LogP contribution in [0.1, 0.15) is 33.3 Å². The lowest BCUT2D eigenvalue weighted by atomic mass is 9.78. The SMILES string of the molecule is Cc1cn(C)nc1-c1ccc(B2OC(C)(C)C(C)(C)O2)cc1. The lowest BCUT2D eigenvalue weighted by Crippen LogP contribution is -2.41. The predicted molar refractivity (Wildman–Crippen MR) is 89.1 cm³/mol. The molecule has 0 unspecified atom stereocenters. The Bertz CT molecular complexity index is 673. The molecule has 1 aromatic heterocycles. The summed E-state index contributed by atoms with van der Waals surface area (Å²) in [6.45, 7) is 10.3. The van der Waals surface area contributed by atoms with Gasteiger partial charge in [0.15, 0.2) is 0 Å². The van der Waals surface area contributed by atoms with Gasteiger partial charge in [-0.2, -0.15) is 5.10 Å². The Kier molecular flexibility index (Phi) is 3.46. The van der Waals surface area contributed by atoms with Crippen molar-refractivity contribution < 1.29 is 9.31 Å². The van der Waals surface area contributed by atoms with Crippen LogP contribution in [-0.4, -0.2) is 28.1 Å². The molecule has 116 valence electrons. The van der Waals surface area contributed by atoms with Crippen molar-refractivity contribution in [1.82, 2.24) is 9.78 Å². The maximum atomic E-state index is 6.08. The van der Waals surface area contributed by atoms with E-state index >= 15 is 0 Å². The largest absolute Gasteiger partial charge is 0.494 e. The second-order valence-corrected chi connectivity index (χ2v) is 7.04. The van der Waals surface area contributed by atoms with E-state index in [1.54, 1.807) is 0 Å². The van der Waals surface area contributed by atoms with Gasteiger partial charge in [0.1, 0.15) is 0 Å². The van der Waals surface area contributed by atoms with Crippen molar-refractivity contribution >= 4 is 12.6 Å². The summed E-state index contributed by atoms with van der Waals surface area (Å²) in [5.41, 5.74) is 3.71. The van der Waals surface area contributed by atoms with E-state index < -0.39 is 0 Å². The second kappa shape index (κ2) is 4.96. The molecular weight excluding hydrogens is 275 g/mol. The van der Waals surface area contributed by atoms with Crippen LogP contribution in [0.5, 0.6) is 0 Å². The summed E-state index contributed by atoms with van der Waals surface area (Å²) in [7, 11) is 1.62. The van der Waals surface area contributed by atoms with E-state index in [2.05, 4.69) is 64.0 Å². The van der Waals surface area contributed by atoms with E-state index in [4.69, 9.17) is 9.31 Å². The van der Waals surface area contributed by atoms with E-state index in [0.29, 0.717) is 0 Å². The molecule has 4 nitrogen and oxygen atoms in total. The van der Waals surface area contributed by atoms with Gasteiger partial charge in [0.05, 0.1) is 16.9 Å². The third kappa shape index (κ3) is 2.48. The highest BCUT2D eigenvalue weighted by molar-refractivity contribution is 6.62. The molecule has 0 spiro atoms. The molecule has 3 rings (SSSR count). The molecular formula is C17H23BN2O2. The standard InChI is InChI=1S/C17H23BN2O2/c1-12-11-20(6)19-15(12)13-7-9-14(10-8-13)18-21-16(2,3)17(4,5)22-18/h7-11H,1-6H3. The first-order chi connectivity index (χ1) is 10.2. The fourth-order valence-electron chi connectivity index (χ4n) is 2.67. The Morgan fingerprint density at radius 1 is 1.00 bits per heavy atom. The van der Waals surface area contributed by atoms with Gasteiger partial charge < -0.3 is 9.31 Å². The average Bonchev–Trinajstić information content (AvgIpc) is 2.86. The van der Waals surface area contributed by atoms with Gasteiger partial charge >= 0.3 is 7.12 Å². The minimum absolute atomic E-state index is 0.312. The summed E-state index contributed by atoms with van der Waals surface area (Å²) in [5, 5.41) is 4.51. The van der Waals surface area contributed by atoms with E-state index in [1.807, 2.05) is 17.9 Å². The van der Waals surface area contributed by atoms with Crippen LogP contribution in [0.15, 0.2) is 30.5 Å². The molecule has 5 heteroatoms. The van der Waals surface area contributed by atoms with Crippen LogP contribution in [-0.2, 0) is 16.4 Å². The summed E-state index contributed by atoms with van der Waals surface area (Å²) >= 11 is 0. The number of nitrogens with zero attached hydrogens (tertiary/aromatic N) is 2. The molecule has 0 bridgehead atoms. The molecule has 0 amide bonds. The maximum Gasteiger partial charge on any atom is 0.494 e. The van der Waals surface area contributed by atoms with Crippen molar-refractivity contribution in [2.75, 3.05) is 0 Å². The minimum atomic E-state index is -0.316. The van der Waals surface area contributed by atoms with Gasteiger partial charge in [-0.15, -0.1) is 0 Å². The van der Waals surface area contributed by atoms with Gasteiger partial charge in [0, 0.05) is 18.8 Å². The fraction of sp³-hybridized carbons (Fsp3) is 0.471. The predicted octanol–water partition coefficient (Wildman–Crippen LogP) is 2.69. The summed E-state index contributed by atoms with van der Waals surface area (Å²) in [6.07, 6.45) is 2.03. The zero-order chi connectivity index (χ0) is 16.1. The van der Waals surface area contributed by atoms with Crippen LogP contribution in [0.25, 0.3) is 11.3 Å². The topological polar surface area (TPSA) is 36.3 Å². The minimum Gasteiger partial charge on any atom is -0.399 e. The molecule has 0 N–H and O–H groups in total. The quantitative estimate of drug-likeness (QED) is 0.800. The Morgan fingerprint density at radius 2 is 1.55 bits per heavy atom. The number of hydrogen-bond acceptors (Lipinski definition) is 3. The van der Waals surface area contributed by atoms with Crippen LogP contribution in [0.2, 0.25) is 0 Å². The molecule has 22 heavy (non-hydrogen) atoms. The van der Waals surface area contributed by atoms with E-state index in [9.17, 15) is 0 Å². The van der Waals surface area contributed by atoms with Crippen LogP contribution in [0.4, 0.5) is 0 Å². The van der Waals surface area contributed by atoms with Crippen molar-refractivity contribution in [3.8, 4) is 11.3 Å². The summed E-state index contributed by atoms with van der Waals surface area (Å²) in [5.74, 6) is 0. The number of aromatic nitrogens is 2. The molecule has 0 saturated carbocycles. The van der Waals surface area contributed by atoms with Crippen molar-refractivity contribution in [2.24, 2.45) is 7.05 Å². The van der Waals surface area contributed by atoms with Gasteiger partial charge in [0.25, 0.3) is 0 Å².